The van der Waals surface area contributed by atoms with Crippen molar-refractivity contribution in [1.29, 1.82) is 0 Å². The van der Waals surface area contributed by atoms with E-state index in [-0.39, 0.29) is 11.3 Å². The Kier molecular flexibility index (Phi) is 3.62. The third kappa shape index (κ3) is 2.63. The number of hydrogen-bond acceptors (Lipinski definition) is 4. The standard InChI is InChI=1S/C17H22N2O3/c20-16(15-3-1-2-6-18-15)19-7-14-9-22-12-17(14,10-19)11-21-8-13-4-5-13/h1-3,6,13-14H,4-5,7-12H2/t14-,17-/m1/s1. The Hall–Kier alpha value is -1.46. The topological polar surface area (TPSA) is 51.7 Å². The molecule has 1 aliphatic carbocycles. The molecule has 0 unspecified atom stereocenters. The Balaban J connectivity index is 1.43. The van der Waals surface area contributed by atoms with Crippen LogP contribution in [0.3, 0.4) is 0 Å². The SMILES string of the molecule is O=C(c1ccccn1)N1C[C@@H]2COC[C@]2(COCC2CC2)C1. The molecule has 1 amide bonds. The van der Waals surface area contributed by atoms with Gasteiger partial charge < -0.3 is 14.4 Å². The number of rotatable bonds is 5. The molecule has 22 heavy (non-hydrogen) atoms. The molecular weight excluding hydrogens is 280 g/mol. The maximum Gasteiger partial charge on any atom is 0.272 e. The fourth-order valence-corrected chi connectivity index (χ4v) is 3.56. The Morgan fingerprint density at radius 1 is 1.45 bits per heavy atom. The molecule has 1 aromatic rings. The first kappa shape index (κ1) is 14.2. The fraction of sp³-hybridized carbons (Fsp3) is 0.647. The van der Waals surface area contributed by atoms with Crippen molar-refractivity contribution >= 4 is 5.91 Å². The molecule has 0 radical (unpaired) electrons. The lowest BCUT2D eigenvalue weighted by Gasteiger charge is -2.26. The van der Waals surface area contributed by atoms with E-state index in [2.05, 4.69) is 4.98 Å². The van der Waals surface area contributed by atoms with Gasteiger partial charge in [0.05, 0.1) is 19.8 Å². The molecule has 0 bridgehead atoms. The van der Waals surface area contributed by atoms with Crippen molar-refractivity contribution in [1.82, 2.24) is 9.88 Å². The van der Waals surface area contributed by atoms with Gasteiger partial charge in [0.2, 0.25) is 0 Å². The number of hydrogen-bond donors (Lipinski definition) is 0. The molecule has 0 N–H and O–H groups in total. The van der Waals surface area contributed by atoms with Crippen LogP contribution in [0.25, 0.3) is 0 Å². The molecule has 2 atom stereocenters. The lowest BCUT2D eigenvalue weighted by atomic mass is 9.82. The van der Waals surface area contributed by atoms with E-state index < -0.39 is 0 Å². The van der Waals surface area contributed by atoms with Crippen LogP contribution in [-0.4, -0.2) is 55.3 Å². The van der Waals surface area contributed by atoms with Gasteiger partial charge in [0.25, 0.3) is 5.91 Å². The van der Waals surface area contributed by atoms with E-state index >= 15 is 0 Å². The monoisotopic (exact) mass is 302 g/mol. The summed E-state index contributed by atoms with van der Waals surface area (Å²) in [5.41, 5.74) is 0.511. The second-order valence-corrected chi connectivity index (χ2v) is 6.93. The predicted molar refractivity (Wildman–Crippen MR) is 80.4 cm³/mol. The summed E-state index contributed by atoms with van der Waals surface area (Å²) in [7, 11) is 0. The zero-order valence-corrected chi connectivity index (χ0v) is 12.7. The van der Waals surface area contributed by atoms with Gasteiger partial charge in [-0.2, -0.15) is 0 Å². The average Bonchev–Trinajstić information content (AvgIpc) is 3.17. The average molecular weight is 302 g/mol. The maximum absolute atomic E-state index is 12.6. The molecule has 0 aromatic carbocycles. The smallest absolute Gasteiger partial charge is 0.272 e. The lowest BCUT2D eigenvalue weighted by Crippen LogP contribution is -2.37. The van der Waals surface area contributed by atoms with Crippen LogP contribution in [0.4, 0.5) is 0 Å². The quantitative estimate of drug-likeness (QED) is 0.829. The zero-order valence-electron chi connectivity index (χ0n) is 12.7. The minimum atomic E-state index is -0.0146. The van der Waals surface area contributed by atoms with Crippen molar-refractivity contribution < 1.29 is 14.3 Å². The second kappa shape index (κ2) is 5.63. The van der Waals surface area contributed by atoms with Gasteiger partial charge in [-0.1, -0.05) is 6.07 Å². The van der Waals surface area contributed by atoms with Gasteiger partial charge in [-0.25, -0.2) is 0 Å². The van der Waals surface area contributed by atoms with Crippen molar-refractivity contribution in [2.75, 3.05) is 39.5 Å². The normalized spacial score (nSPS) is 30.5. The number of nitrogens with zero attached hydrogens (tertiary/aromatic N) is 2. The van der Waals surface area contributed by atoms with Gasteiger partial charge in [-0.05, 0) is 30.9 Å². The molecule has 3 aliphatic rings. The number of carbonyl (C=O) groups is 1. The number of aromatic nitrogens is 1. The Morgan fingerprint density at radius 3 is 3.14 bits per heavy atom. The Morgan fingerprint density at radius 2 is 2.36 bits per heavy atom. The number of ether oxygens (including phenoxy) is 2. The number of fused-ring (bicyclic) bond motifs is 1. The number of pyridine rings is 1. The maximum atomic E-state index is 12.6. The van der Waals surface area contributed by atoms with Gasteiger partial charge in [-0.3, -0.25) is 9.78 Å². The van der Waals surface area contributed by atoms with Crippen molar-refractivity contribution in [3.8, 4) is 0 Å². The molecule has 1 aromatic heterocycles. The van der Waals surface area contributed by atoms with Crippen molar-refractivity contribution in [2.45, 2.75) is 12.8 Å². The van der Waals surface area contributed by atoms with Gasteiger partial charge in [0.15, 0.2) is 0 Å². The van der Waals surface area contributed by atoms with E-state index in [1.54, 1.807) is 12.3 Å². The summed E-state index contributed by atoms with van der Waals surface area (Å²) in [6.07, 6.45) is 4.27. The highest BCUT2D eigenvalue weighted by Crippen LogP contribution is 2.42. The van der Waals surface area contributed by atoms with Crippen LogP contribution in [0.5, 0.6) is 0 Å². The van der Waals surface area contributed by atoms with Gasteiger partial charge in [0, 0.05) is 37.2 Å². The minimum Gasteiger partial charge on any atom is -0.380 e. The summed E-state index contributed by atoms with van der Waals surface area (Å²) in [6.45, 7) is 4.48. The highest BCUT2D eigenvalue weighted by Gasteiger charge is 2.52. The first-order valence-electron chi connectivity index (χ1n) is 8.13. The van der Waals surface area contributed by atoms with Crippen LogP contribution in [-0.2, 0) is 9.47 Å². The number of likely N-dealkylation sites (tertiary alicyclic amines) is 1. The molecule has 5 nitrogen and oxygen atoms in total. The largest absolute Gasteiger partial charge is 0.380 e. The summed E-state index contributed by atoms with van der Waals surface area (Å²) in [5, 5.41) is 0. The van der Waals surface area contributed by atoms with Crippen LogP contribution in [0, 0.1) is 17.3 Å². The highest BCUT2D eigenvalue weighted by atomic mass is 16.5. The van der Waals surface area contributed by atoms with Crippen molar-refractivity contribution in [2.24, 2.45) is 17.3 Å². The number of carbonyl (C=O) groups excluding carboxylic acids is 1. The molecule has 3 fully saturated rings. The Bertz CT molecular complexity index is 546. The van der Waals surface area contributed by atoms with Crippen molar-refractivity contribution in [3.63, 3.8) is 0 Å². The van der Waals surface area contributed by atoms with Crippen LogP contribution < -0.4 is 0 Å². The van der Waals surface area contributed by atoms with E-state index in [4.69, 9.17) is 9.47 Å². The molecule has 2 aliphatic heterocycles. The van der Waals surface area contributed by atoms with Crippen molar-refractivity contribution in [3.05, 3.63) is 30.1 Å². The first-order valence-corrected chi connectivity index (χ1v) is 8.13. The van der Waals surface area contributed by atoms with Crippen LogP contribution in [0.2, 0.25) is 0 Å². The van der Waals surface area contributed by atoms with Gasteiger partial charge in [-0.15, -0.1) is 0 Å². The molecule has 1 saturated carbocycles. The zero-order chi connectivity index (χ0) is 15.0. The third-order valence-electron chi connectivity index (χ3n) is 5.13. The highest BCUT2D eigenvalue weighted by molar-refractivity contribution is 5.92. The lowest BCUT2D eigenvalue weighted by molar-refractivity contribution is 0.0222. The summed E-state index contributed by atoms with van der Waals surface area (Å²) in [4.78, 5) is 18.7. The summed E-state index contributed by atoms with van der Waals surface area (Å²) in [6, 6.07) is 5.47. The predicted octanol–water partition coefficient (Wildman–Crippen LogP) is 1.60. The van der Waals surface area contributed by atoms with E-state index in [1.807, 2.05) is 17.0 Å². The van der Waals surface area contributed by atoms with Crippen LogP contribution >= 0.6 is 0 Å². The molecule has 4 rings (SSSR count). The van der Waals surface area contributed by atoms with E-state index in [9.17, 15) is 4.79 Å². The van der Waals surface area contributed by atoms with E-state index in [0.717, 1.165) is 32.2 Å². The first-order chi connectivity index (χ1) is 10.8. The summed E-state index contributed by atoms with van der Waals surface area (Å²) >= 11 is 0. The van der Waals surface area contributed by atoms with E-state index in [0.29, 0.717) is 24.8 Å². The molecule has 3 heterocycles. The molecule has 5 heteroatoms. The summed E-state index contributed by atoms with van der Waals surface area (Å²) in [5.74, 6) is 1.18. The molecule has 0 spiro atoms. The number of amides is 1. The van der Waals surface area contributed by atoms with Gasteiger partial charge in [0.1, 0.15) is 5.69 Å². The Labute approximate surface area is 130 Å². The second-order valence-electron chi connectivity index (χ2n) is 6.93. The fourth-order valence-electron chi connectivity index (χ4n) is 3.56. The van der Waals surface area contributed by atoms with Crippen LogP contribution in [0.15, 0.2) is 24.4 Å². The molecule has 2 saturated heterocycles. The molecule has 118 valence electrons. The minimum absolute atomic E-state index is 0.0146. The molecular formula is C17H22N2O3. The summed E-state index contributed by atoms with van der Waals surface area (Å²) < 4.78 is 11.6. The van der Waals surface area contributed by atoms with E-state index in [1.165, 1.54) is 12.8 Å². The third-order valence-corrected chi connectivity index (χ3v) is 5.13. The van der Waals surface area contributed by atoms with Crippen LogP contribution in [0.1, 0.15) is 23.3 Å². The van der Waals surface area contributed by atoms with Gasteiger partial charge >= 0.3 is 0 Å².